The molecule has 140 valence electrons. The predicted molar refractivity (Wildman–Crippen MR) is 98.8 cm³/mol. The van der Waals surface area contributed by atoms with E-state index < -0.39 is 28.0 Å². The minimum absolute atomic E-state index is 0.0973. The molecule has 2 aromatic rings. The van der Waals surface area contributed by atoms with Crippen LogP contribution in [0.2, 0.25) is 5.02 Å². The first kappa shape index (κ1) is 19.9. The highest BCUT2D eigenvalue weighted by Crippen LogP contribution is 2.31. The van der Waals surface area contributed by atoms with Gasteiger partial charge in [-0.05, 0) is 18.1 Å². The molecule has 0 aliphatic carbocycles. The summed E-state index contributed by atoms with van der Waals surface area (Å²) in [6.07, 6.45) is 1.34. The van der Waals surface area contributed by atoms with Crippen LogP contribution in [-0.4, -0.2) is 36.5 Å². The number of rotatable bonds is 6. The molecule has 1 heterocycles. The Kier molecular flexibility index (Phi) is 5.69. The number of carboxylic acids is 1. The van der Waals surface area contributed by atoms with Crippen LogP contribution in [0.3, 0.4) is 0 Å². The van der Waals surface area contributed by atoms with Gasteiger partial charge in [0.1, 0.15) is 6.04 Å². The van der Waals surface area contributed by atoms with E-state index in [4.69, 9.17) is 23.1 Å². The maximum Gasteiger partial charge on any atom is 0.322 e. The molecule has 0 aliphatic rings. The Morgan fingerprint density at radius 1 is 1.31 bits per heavy atom. The molecule has 0 spiro atoms. The lowest BCUT2D eigenvalue weighted by atomic mass is 10.1. The molecule has 1 atom stereocenters. The number of benzene rings is 1. The lowest BCUT2D eigenvalue weighted by Gasteiger charge is -2.18. The van der Waals surface area contributed by atoms with Crippen molar-refractivity contribution in [2.24, 2.45) is 22.4 Å². The second-order valence-electron chi connectivity index (χ2n) is 5.86. The number of aromatic nitrogens is 1. The number of nitrogens with one attached hydrogen (secondary N) is 1. The number of sulfonamides is 1. The maximum absolute atomic E-state index is 12.6. The highest BCUT2D eigenvalue weighted by Gasteiger charge is 2.28. The van der Waals surface area contributed by atoms with Crippen LogP contribution in [0.4, 0.5) is 5.82 Å². The molecule has 0 saturated carbocycles. The second kappa shape index (κ2) is 7.44. The number of hydrogen-bond donors (Lipinski definition) is 4. The molecule has 1 aromatic carbocycles. The molecule has 0 unspecified atom stereocenters. The van der Waals surface area contributed by atoms with E-state index in [0.717, 1.165) is 0 Å². The summed E-state index contributed by atoms with van der Waals surface area (Å²) in [7, 11) is -4.11. The molecule has 0 saturated heterocycles. The molecule has 1 aromatic heterocycles. The summed E-state index contributed by atoms with van der Waals surface area (Å²) in [6.45, 7) is 3.20. The Bertz CT molecular complexity index is 987. The van der Waals surface area contributed by atoms with E-state index in [-0.39, 0.29) is 21.7 Å². The van der Waals surface area contributed by atoms with Crippen molar-refractivity contribution in [2.75, 3.05) is 0 Å². The highest BCUT2D eigenvalue weighted by atomic mass is 35.5. The number of carbonyl (C=O) groups is 1. The number of hydrogen-bond acceptors (Lipinski definition) is 5. The monoisotopic (exact) mass is 399 g/mol. The lowest BCUT2D eigenvalue weighted by molar-refractivity contribution is -0.140. The van der Waals surface area contributed by atoms with Gasteiger partial charge in [0.25, 0.3) is 0 Å². The quantitative estimate of drug-likeness (QED) is 0.418. The van der Waals surface area contributed by atoms with Crippen LogP contribution in [0.15, 0.2) is 34.3 Å². The van der Waals surface area contributed by atoms with Gasteiger partial charge in [-0.1, -0.05) is 31.5 Å². The molecule has 9 nitrogen and oxygen atoms in total. The SMILES string of the molecule is CC(C)[C@H](NS(=O)(=O)c1ccc2c(Cl)cnc(N=C(N)N)c2c1)C(=O)O. The number of nitrogens with zero attached hydrogens (tertiary/aromatic N) is 2. The summed E-state index contributed by atoms with van der Waals surface area (Å²) < 4.78 is 27.4. The molecular weight excluding hydrogens is 382 g/mol. The lowest BCUT2D eigenvalue weighted by Crippen LogP contribution is -2.44. The number of halogens is 1. The Morgan fingerprint density at radius 3 is 2.50 bits per heavy atom. The summed E-state index contributed by atoms with van der Waals surface area (Å²) in [5.41, 5.74) is 10.7. The molecule has 2 rings (SSSR count). The van der Waals surface area contributed by atoms with Crippen LogP contribution in [-0.2, 0) is 14.8 Å². The van der Waals surface area contributed by atoms with Crippen molar-refractivity contribution >= 4 is 50.1 Å². The van der Waals surface area contributed by atoms with Gasteiger partial charge < -0.3 is 16.6 Å². The molecule has 0 radical (unpaired) electrons. The summed E-state index contributed by atoms with van der Waals surface area (Å²) in [4.78, 5) is 19.0. The summed E-state index contributed by atoms with van der Waals surface area (Å²) in [5, 5.41) is 10.3. The van der Waals surface area contributed by atoms with E-state index >= 15 is 0 Å². The van der Waals surface area contributed by atoms with Gasteiger partial charge in [0.2, 0.25) is 10.0 Å². The van der Waals surface area contributed by atoms with Crippen molar-refractivity contribution in [3.63, 3.8) is 0 Å². The third-order valence-electron chi connectivity index (χ3n) is 3.55. The third-order valence-corrected chi connectivity index (χ3v) is 5.29. The van der Waals surface area contributed by atoms with Crippen molar-refractivity contribution in [1.29, 1.82) is 0 Å². The summed E-state index contributed by atoms with van der Waals surface area (Å²) in [5.74, 6) is -1.87. The van der Waals surface area contributed by atoms with E-state index in [2.05, 4.69) is 14.7 Å². The van der Waals surface area contributed by atoms with Crippen LogP contribution >= 0.6 is 11.6 Å². The Morgan fingerprint density at radius 2 is 1.96 bits per heavy atom. The van der Waals surface area contributed by atoms with Crippen LogP contribution in [0.25, 0.3) is 10.8 Å². The van der Waals surface area contributed by atoms with E-state index in [1.54, 1.807) is 13.8 Å². The van der Waals surface area contributed by atoms with E-state index in [9.17, 15) is 18.3 Å². The number of aliphatic carboxylic acids is 1. The molecular formula is C15H18ClN5O4S. The van der Waals surface area contributed by atoms with Crippen molar-refractivity contribution in [3.05, 3.63) is 29.4 Å². The standard InChI is InChI=1S/C15H18ClN5O4S/c1-7(2)12(14(22)23)21-26(24,25)8-3-4-9-10(5-8)13(20-15(17)18)19-6-11(9)16/h3-7,12,21H,1-2H3,(H,22,23)(H4,17,18,19,20)/t12-/m0/s1. The maximum atomic E-state index is 12.6. The Hall–Kier alpha value is -2.43. The molecule has 26 heavy (non-hydrogen) atoms. The topological polar surface area (TPSA) is 161 Å². The van der Waals surface area contributed by atoms with Gasteiger partial charge >= 0.3 is 5.97 Å². The van der Waals surface area contributed by atoms with Crippen molar-refractivity contribution in [1.82, 2.24) is 9.71 Å². The fourth-order valence-electron chi connectivity index (χ4n) is 2.26. The van der Waals surface area contributed by atoms with Gasteiger partial charge in [-0.25, -0.2) is 13.4 Å². The number of pyridine rings is 1. The normalized spacial score (nSPS) is 12.9. The molecule has 0 fully saturated rings. The minimum Gasteiger partial charge on any atom is -0.480 e. The molecule has 6 N–H and O–H groups in total. The highest BCUT2D eigenvalue weighted by molar-refractivity contribution is 7.89. The fraction of sp³-hybridized carbons (Fsp3) is 0.267. The van der Waals surface area contributed by atoms with Crippen LogP contribution in [0.1, 0.15) is 13.8 Å². The van der Waals surface area contributed by atoms with Gasteiger partial charge in [0, 0.05) is 17.0 Å². The predicted octanol–water partition coefficient (Wildman–Crippen LogP) is 1.18. The average Bonchev–Trinajstić information content (AvgIpc) is 2.54. The summed E-state index contributed by atoms with van der Waals surface area (Å²) in [6, 6.07) is 2.81. The van der Waals surface area contributed by atoms with E-state index in [0.29, 0.717) is 10.8 Å². The average molecular weight is 400 g/mol. The van der Waals surface area contributed by atoms with Crippen molar-refractivity contribution in [3.8, 4) is 0 Å². The minimum atomic E-state index is -4.11. The van der Waals surface area contributed by atoms with Crippen LogP contribution < -0.4 is 16.2 Å². The zero-order valence-corrected chi connectivity index (χ0v) is 15.5. The van der Waals surface area contributed by atoms with E-state index in [1.165, 1.54) is 24.4 Å². The number of nitrogens with two attached hydrogens (primary N) is 2. The van der Waals surface area contributed by atoms with Gasteiger partial charge in [0.05, 0.1) is 9.92 Å². The fourth-order valence-corrected chi connectivity index (χ4v) is 3.84. The Labute approximate surface area is 155 Å². The molecule has 0 bridgehead atoms. The van der Waals surface area contributed by atoms with Gasteiger partial charge in [0.15, 0.2) is 11.8 Å². The first-order valence-corrected chi connectivity index (χ1v) is 9.32. The van der Waals surface area contributed by atoms with Gasteiger partial charge in [-0.2, -0.15) is 9.71 Å². The van der Waals surface area contributed by atoms with E-state index in [1.807, 2.05) is 0 Å². The number of carboxylic acid groups (broad SMARTS) is 1. The largest absolute Gasteiger partial charge is 0.480 e. The first-order chi connectivity index (χ1) is 12.0. The van der Waals surface area contributed by atoms with Crippen molar-refractivity contribution in [2.45, 2.75) is 24.8 Å². The van der Waals surface area contributed by atoms with Crippen LogP contribution in [0.5, 0.6) is 0 Å². The number of aliphatic imine (C=N–C) groups is 1. The zero-order valence-electron chi connectivity index (χ0n) is 14.0. The third kappa shape index (κ3) is 4.21. The number of fused-ring (bicyclic) bond motifs is 1. The Balaban J connectivity index is 2.60. The van der Waals surface area contributed by atoms with Crippen LogP contribution in [0, 0.1) is 5.92 Å². The molecule has 0 aliphatic heterocycles. The first-order valence-electron chi connectivity index (χ1n) is 7.46. The van der Waals surface area contributed by atoms with Gasteiger partial charge in [-0.3, -0.25) is 4.79 Å². The second-order valence-corrected chi connectivity index (χ2v) is 7.98. The van der Waals surface area contributed by atoms with Crippen molar-refractivity contribution < 1.29 is 18.3 Å². The molecule has 0 amide bonds. The number of guanidine groups is 1. The summed E-state index contributed by atoms with van der Waals surface area (Å²) >= 11 is 6.08. The smallest absolute Gasteiger partial charge is 0.322 e. The van der Waals surface area contributed by atoms with Gasteiger partial charge in [-0.15, -0.1) is 0 Å². The molecule has 11 heteroatoms. The zero-order chi connectivity index (χ0) is 19.6.